The Morgan fingerprint density at radius 3 is 2.37 bits per heavy atom. The van der Waals surface area contributed by atoms with E-state index in [-0.39, 0.29) is 24.6 Å². The molecule has 0 heterocycles. The Morgan fingerprint density at radius 1 is 1.11 bits per heavy atom. The maximum absolute atomic E-state index is 12.1. The number of hydrogen-bond acceptors (Lipinski definition) is 4. The highest BCUT2D eigenvalue weighted by atomic mass is 16.5. The van der Waals surface area contributed by atoms with Crippen LogP contribution in [0.4, 0.5) is 0 Å². The van der Waals surface area contributed by atoms with E-state index in [9.17, 15) is 9.59 Å². The summed E-state index contributed by atoms with van der Waals surface area (Å²) in [6, 6.07) is 3.68. The lowest BCUT2D eigenvalue weighted by atomic mass is 9.98. The van der Waals surface area contributed by atoms with Crippen molar-refractivity contribution in [3.63, 3.8) is 0 Å². The summed E-state index contributed by atoms with van der Waals surface area (Å²) in [4.78, 5) is 23.1. The van der Waals surface area contributed by atoms with Gasteiger partial charge < -0.3 is 9.47 Å². The zero-order valence-corrected chi connectivity index (χ0v) is 11.9. The normalized spacial score (nSPS) is 10.1. The van der Waals surface area contributed by atoms with Gasteiger partial charge in [0, 0.05) is 12.0 Å². The predicted octanol–water partition coefficient (Wildman–Crippen LogP) is 2.84. The van der Waals surface area contributed by atoms with E-state index in [1.54, 1.807) is 0 Å². The third kappa shape index (κ3) is 4.09. The Labute approximate surface area is 113 Å². The molecule has 104 valence electrons. The van der Waals surface area contributed by atoms with Crippen molar-refractivity contribution in [2.45, 2.75) is 33.6 Å². The molecule has 0 aliphatic carbocycles. The summed E-state index contributed by atoms with van der Waals surface area (Å²) in [5.74, 6) is 0.382. The molecule has 0 saturated heterocycles. The van der Waals surface area contributed by atoms with Gasteiger partial charge in [-0.15, -0.1) is 0 Å². The number of Topliss-reactive ketones (excluding diaryl/α,β-unsaturated/α-hetero) is 1. The van der Waals surface area contributed by atoms with Crippen LogP contribution < -0.4 is 4.74 Å². The van der Waals surface area contributed by atoms with Crippen molar-refractivity contribution in [1.82, 2.24) is 0 Å². The van der Waals surface area contributed by atoms with Crippen LogP contribution in [0.25, 0.3) is 0 Å². The average molecular weight is 264 g/mol. The first-order valence-electron chi connectivity index (χ1n) is 6.33. The maximum Gasteiger partial charge on any atom is 0.305 e. The smallest absolute Gasteiger partial charge is 0.305 e. The van der Waals surface area contributed by atoms with Crippen molar-refractivity contribution < 1.29 is 19.1 Å². The number of ketones is 1. The maximum atomic E-state index is 12.1. The molecular weight excluding hydrogens is 244 g/mol. The van der Waals surface area contributed by atoms with Gasteiger partial charge in [-0.2, -0.15) is 0 Å². The van der Waals surface area contributed by atoms with E-state index in [0.717, 1.165) is 16.9 Å². The number of benzene rings is 1. The fraction of sp³-hybridized carbons (Fsp3) is 0.467. The van der Waals surface area contributed by atoms with Crippen molar-refractivity contribution in [3.8, 4) is 5.75 Å². The molecule has 0 radical (unpaired) electrons. The van der Waals surface area contributed by atoms with Crippen LogP contribution in [-0.2, 0) is 9.53 Å². The molecule has 1 rings (SSSR count). The van der Waals surface area contributed by atoms with Crippen LogP contribution in [0.5, 0.6) is 5.75 Å². The zero-order chi connectivity index (χ0) is 14.4. The van der Waals surface area contributed by atoms with Gasteiger partial charge in [-0.1, -0.05) is 0 Å². The van der Waals surface area contributed by atoms with E-state index in [1.807, 2.05) is 32.9 Å². The van der Waals surface area contributed by atoms with Gasteiger partial charge in [0.15, 0.2) is 5.78 Å². The van der Waals surface area contributed by atoms with E-state index in [4.69, 9.17) is 4.74 Å². The second-order valence-corrected chi connectivity index (χ2v) is 4.36. The van der Waals surface area contributed by atoms with Gasteiger partial charge in [0.25, 0.3) is 0 Å². The second kappa shape index (κ2) is 6.92. The molecule has 0 N–H and O–H groups in total. The summed E-state index contributed by atoms with van der Waals surface area (Å²) in [6.07, 6.45) is 0.280. The Bertz CT molecular complexity index is 477. The minimum Gasteiger partial charge on any atom is -0.494 e. The molecule has 4 heteroatoms. The molecule has 0 atom stereocenters. The summed E-state index contributed by atoms with van der Waals surface area (Å²) in [6.45, 7) is 6.29. The molecule has 19 heavy (non-hydrogen) atoms. The molecule has 0 bridgehead atoms. The van der Waals surface area contributed by atoms with Crippen LogP contribution in [0.3, 0.4) is 0 Å². The summed E-state index contributed by atoms with van der Waals surface area (Å²) >= 11 is 0. The highest BCUT2D eigenvalue weighted by molar-refractivity contribution is 5.99. The van der Waals surface area contributed by atoms with Crippen molar-refractivity contribution in [1.29, 1.82) is 0 Å². The van der Waals surface area contributed by atoms with Gasteiger partial charge >= 0.3 is 5.97 Å². The number of carbonyl (C=O) groups is 2. The summed E-state index contributed by atoms with van der Waals surface area (Å²) in [5, 5.41) is 0. The van der Waals surface area contributed by atoms with E-state index >= 15 is 0 Å². The molecule has 0 fully saturated rings. The minimum absolute atomic E-state index is 0.0472. The summed E-state index contributed by atoms with van der Waals surface area (Å²) in [7, 11) is 1.32. The quantitative estimate of drug-likeness (QED) is 0.585. The van der Waals surface area contributed by atoms with Crippen molar-refractivity contribution in [2.24, 2.45) is 0 Å². The number of hydrogen-bond donors (Lipinski definition) is 0. The van der Waals surface area contributed by atoms with Crippen LogP contribution in [0.15, 0.2) is 12.1 Å². The van der Waals surface area contributed by atoms with Crippen LogP contribution >= 0.6 is 0 Å². The van der Waals surface area contributed by atoms with Crippen LogP contribution in [0.1, 0.15) is 41.3 Å². The van der Waals surface area contributed by atoms with Gasteiger partial charge in [0.1, 0.15) is 5.75 Å². The largest absolute Gasteiger partial charge is 0.494 e. The van der Waals surface area contributed by atoms with Crippen LogP contribution in [0.2, 0.25) is 0 Å². The second-order valence-electron chi connectivity index (χ2n) is 4.36. The number of ether oxygens (including phenoxy) is 2. The first-order valence-corrected chi connectivity index (χ1v) is 6.33. The molecular formula is C15H20O4. The Kier molecular flexibility index (Phi) is 5.55. The Hall–Kier alpha value is -1.84. The van der Waals surface area contributed by atoms with Crippen LogP contribution in [0, 0.1) is 13.8 Å². The molecule has 0 saturated carbocycles. The number of rotatable bonds is 6. The highest BCUT2D eigenvalue weighted by Crippen LogP contribution is 2.24. The Balaban J connectivity index is 2.86. The van der Waals surface area contributed by atoms with Crippen molar-refractivity contribution >= 4 is 11.8 Å². The first kappa shape index (κ1) is 15.2. The Morgan fingerprint density at radius 2 is 1.79 bits per heavy atom. The third-order valence-corrected chi connectivity index (χ3v) is 2.91. The molecule has 1 aromatic rings. The van der Waals surface area contributed by atoms with E-state index < -0.39 is 0 Å². The molecule has 0 unspecified atom stereocenters. The lowest BCUT2D eigenvalue weighted by Gasteiger charge is -2.11. The van der Waals surface area contributed by atoms with Gasteiger partial charge in [0.2, 0.25) is 0 Å². The zero-order valence-electron chi connectivity index (χ0n) is 11.9. The van der Waals surface area contributed by atoms with Crippen LogP contribution in [-0.4, -0.2) is 25.5 Å². The molecule has 0 aliphatic heterocycles. The number of esters is 1. The summed E-state index contributed by atoms with van der Waals surface area (Å²) in [5.41, 5.74) is 2.43. The molecule has 0 aromatic heterocycles. The molecule has 0 spiro atoms. The van der Waals surface area contributed by atoms with Crippen molar-refractivity contribution in [3.05, 3.63) is 28.8 Å². The fourth-order valence-corrected chi connectivity index (χ4v) is 1.85. The van der Waals surface area contributed by atoms with Crippen molar-refractivity contribution in [2.75, 3.05) is 13.7 Å². The van der Waals surface area contributed by atoms with Gasteiger partial charge in [0.05, 0.1) is 20.1 Å². The number of carbonyl (C=O) groups excluding carboxylic acids is 2. The van der Waals surface area contributed by atoms with Gasteiger partial charge in [-0.25, -0.2) is 0 Å². The monoisotopic (exact) mass is 264 g/mol. The van der Waals surface area contributed by atoms with Gasteiger partial charge in [-0.05, 0) is 44.0 Å². The van der Waals surface area contributed by atoms with E-state index in [2.05, 4.69) is 4.74 Å². The average Bonchev–Trinajstić information content (AvgIpc) is 2.39. The standard InChI is InChI=1S/C15H20O4/c1-5-19-14-9-10(2)12(8-11(14)3)13(16)6-7-15(17)18-4/h8-9H,5-7H2,1-4H3. The van der Waals surface area contributed by atoms with E-state index in [1.165, 1.54) is 7.11 Å². The van der Waals surface area contributed by atoms with E-state index in [0.29, 0.717) is 12.2 Å². The predicted molar refractivity (Wildman–Crippen MR) is 72.7 cm³/mol. The lowest BCUT2D eigenvalue weighted by Crippen LogP contribution is -2.08. The van der Waals surface area contributed by atoms with Gasteiger partial charge in [-0.3, -0.25) is 9.59 Å². The topological polar surface area (TPSA) is 52.6 Å². The number of methoxy groups -OCH3 is 1. The lowest BCUT2D eigenvalue weighted by molar-refractivity contribution is -0.140. The third-order valence-electron chi connectivity index (χ3n) is 2.91. The first-order chi connectivity index (χ1) is 8.99. The highest BCUT2D eigenvalue weighted by Gasteiger charge is 2.14. The molecule has 0 aliphatic rings. The molecule has 1 aromatic carbocycles. The molecule has 0 amide bonds. The number of aryl methyl sites for hydroxylation is 2. The summed E-state index contributed by atoms with van der Waals surface area (Å²) < 4.78 is 10.0. The SMILES string of the molecule is CCOc1cc(C)c(C(=O)CCC(=O)OC)cc1C. The minimum atomic E-state index is -0.367. The fourth-order valence-electron chi connectivity index (χ4n) is 1.85. The molecule has 4 nitrogen and oxygen atoms in total.